The Morgan fingerprint density at radius 3 is 2.61 bits per heavy atom. The maximum atomic E-state index is 12.1. The molecule has 4 heteroatoms. The van der Waals surface area contributed by atoms with Gasteiger partial charge >= 0.3 is 0 Å². The van der Waals surface area contributed by atoms with E-state index in [1.165, 1.54) is 0 Å². The van der Waals surface area contributed by atoms with Crippen LogP contribution in [0.25, 0.3) is 0 Å². The van der Waals surface area contributed by atoms with Gasteiger partial charge in [0, 0.05) is 10.7 Å². The molecule has 1 unspecified atom stereocenters. The van der Waals surface area contributed by atoms with Crippen LogP contribution in [0, 0.1) is 6.92 Å². The highest BCUT2D eigenvalue weighted by Crippen LogP contribution is 2.18. The van der Waals surface area contributed by atoms with Gasteiger partial charge in [-0.3, -0.25) is 4.79 Å². The monoisotopic (exact) mass is 323 g/mol. The molecule has 0 radical (unpaired) electrons. The zero-order valence-electron chi connectivity index (χ0n) is 10.0. The predicted octanol–water partition coefficient (Wildman–Crippen LogP) is 3.92. The lowest BCUT2D eigenvalue weighted by molar-refractivity contribution is 0.0940. The summed E-state index contributed by atoms with van der Waals surface area (Å²) in [6.45, 7) is 1.96. The molecule has 1 aromatic carbocycles. The second-order valence-corrected chi connectivity index (χ2v) is 5.45. The summed E-state index contributed by atoms with van der Waals surface area (Å²) in [5.41, 5.74) is 2.90. The van der Waals surface area contributed by atoms with Crippen molar-refractivity contribution >= 4 is 33.2 Å². The summed E-state index contributed by atoms with van der Waals surface area (Å²) in [5, 5.41) is 7.62. The van der Waals surface area contributed by atoms with Crippen molar-refractivity contribution in [1.82, 2.24) is 5.32 Å². The van der Waals surface area contributed by atoms with Gasteiger partial charge in [-0.25, -0.2) is 0 Å². The van der Waals surface area contributed by atoms with E-state index >= 15 is 0 Å². The number of amides is 1. The van der Waals surface area contributed by atoms with Gasteiger partial charge < -0.3 is 5.32 Å². The van der Waals surface area contributed by atoms with E-state index in [1.807, 2.05) is 48.0 Å². The van der Waals surface area contributed by atoms with Crippen molar-refractivity contribution < 1.29 is 4.79 Å². The summed E-state index contributed by atoms with van der Waals surface area (Å²) in [4.78, 5) is 12.1. The molecular weight excluding hydrogens is 310 g/mol. The highest BCUT2D eigenvalue weighted by molar-refractivity contribution is 9.09. The van der Waals surface area contributed by atoms with Gasteiger partial charge in [-0.1, -0.05) is 46.3 Å². The first-order valence-corrected chi connectivity index (χ1v) is 7.73. The molecule has 0 aliphatic heterocycles. The summed E-state index contributed by atoms with van der Waals surface area (Å²) in [7, 11) is 0. The third kappa shape index (κ3) is 3.00. The summed E-state index contributed by atoms with van der Waals surface area (Å²) in [5.74, 6) is -0.0120. The van der Waals surface area contributed by atoms with Gasteiger partial charge in [-0.15, -0.1) is 0 Å². The Morgan fingerprint density at radius 1 is 1.33 bits per heavy atom. The van der Waals surface area contributed by atoms with Crippen LogP contribution in [0.15, 0.2) is 41.1 Å². The van der Waals surface area contributed by atoms with E-state index in [0.717, 1.165) is 16.7 Å². The number of carbonyl (C=O) groups excluding carboxylic acids is 1. The van der Waals surface area contributed by atoms with Crippen molar-refractivity contribution in [2.75, 3.05) is 5.33 Å². The lowest BCUT2D eigenvalue weighted by atomic mass is 10.1. The van der Waals surface area contributed by atoms with E-state index in [9.17, 15) is 4.79 Å². The Balaban J connectivity index is 2.13. The summed E-state index contributed by atoms with van der Waals surface area (Å²) in [6, 6.07) is 9.97. The van der Waals surface area contributed by atoms with Crippen LogP contribution in [0.5, 0.6) is 0 Å². The number of benzene rings is 1. The van der Waals surface area contributed by atoms with Gasteiger partial charge in [0.15, 0.2) is 0 Å². The molecule has 0 aliphatic carbocycles. The number of nitrogens with one attached hydrogen (secondary N) is 1. The molecule has 1 N–H and O–H groups in total. The average Bonchev–Trinajstić information content (AvgIpc) is 2.83. The zero-order chi connectivity index (χ0) is 13.0. The summed E-state index contributed by atoms with van der Waals surface area (Å²) >= 11 is 5.00. The zero-order valence-corrected chi connectivity index (χ0v) is 12.4. The minimum absolute atomic E-state index is 0.00185. The fourth-order valence-electron chi connectivity index (χ4n) is 1.73. The quantitative estimate of drug-likeness (QED) is 0.849. The molecule has 1 heterocycles. The third-order valence-electron chi connectivity index (χ3n) is 2.76. The van der Waals surface area contributed by atoms with Crippen molar-refractivity contribution in [3.8, 4) is 0 Å². The molecule has 0 aliphatic rings. The maximum absolute atomic E-state index is 12.1. The topological polar surface area (TPSA) is 29.1 Å². The number of thiophene rings is 1. The maximum Gasteiger partial charge on any atom is 0.252 e. The molecule has 0 fully saturated rings. The van der Waals surface area contributed by atoms with Crippen LogP contribution in [0.2, 0.25) is 0 Å². The molecule has 0 saturated heterocycles. The normalized spacial score (nSPS) is 12.1. The minimum Gasteiger partial charge on any atom is -0.344 e. The average molecular weight is 324 g/mol. The van der Waals surface area contributed by atoms with E-state index in [-0.39, 0.29) is 11.9 Å². The predicted molar refractivity (Wildman–Crippen MR) is 79.5 cm³/mol. The van der Waals surface area contributed by atoms with Gasteiger partial charge in [-0.2, -0.15) is 11.3 Å². The van der Waals surface area contributed by atoms with Crippen molar-refractivity contribution in [2.24, 2.45) is 0 Å². The summed E-state index contributed by atoms with van der Waals surface area (Å²) < 4.78 is 0. The van der Waals surface area contributed by atoms with Gasteiger partial charge in [0.25, 0.3) is 5.91 Å². The second kappa shape index (κ2) is 6.16. The van der Waals surface area contributed by atoms with Gasteiger partial charge in [0.2, 0.25) is 0 Å². The largest absolute Gasteiger partial charge is 0.344 e. The van der Waals surface area contributed by atoms with Crippen molar-refractivity contribution in [1.29, 1.82) is 0 Å². The molecule has 1 amide bonds. The Labute approximate surface area is 119 Å². The number of alkyl halides is 1. The first-order chi connectivity index (χ1) is 8.72. The number of hydrogen-bond acceptors (Lipinski definition) is 2. The van der Waals surface area contributed by atoms with Gasteiger partial charge in [-0.05, 0) is 23.4 Å². The molecule has 94 valence electrons. The first-order valence-electron chi connectivity index (χ1n) is 5.67. The minimum atomic E-state index is -0.0120. The highest BCUT2D eigenvalue weighted by atomic mass is 79.9. The lowest BCUT2D eigenvalue weighted by Crippen LogP contribution is -2.29. The van der Waals surface area contributed by atoms with E-state index < -0.39 is 0 Å². The van der Waals surface area contributed by atoms with E-state index in [4.69, 9.17) is 0 Å². The van der Waals surface area contributed by atoms with E-state index in [0.29, 0.717) is 5.33 Å². The molecule has 2 aromatic rings. The third-order valence-corrected chi connectivity index (χ3v) is 4.27. The second-order valence-electron chi connectivity index (χ2n) is 4.06. The van der Waals surface area contributed by atoms with E-state index in [1.54, 1.807) is 11.3 Å². The van der Waals surface area contributed by atoms with Gasteiger partial charge in [0.1, 0.15) is 0 Å². The smallest absolute Gasteiger partial charge is 0.252 e. The SMILES string of the molecule is Cc1cscc1C(=O)NC(CBr)c1ccccc1. The molecular formula is C14H14BrNOS. The van der Waals surface area contributed by atoms with Crippen LogP contribution in [0.1, 0.15) is 27.5 Å². The van der Waals surface area contributed by atoms with E-state index in [2.05, 4.69) is 21.2 Å². The van der Waals surface area contributed by atoms with Crippen LogP contribution in [-0.4, -0.2) is 11.2 Å². The Hall–Kier alpha value is -1.13. The Morgan fingerprint density at radius 2 is 2.06 bits per heavy atom. The van der Waals surface area contributed by atoms with Gasteiger partial charge in [0.05, 0.1) is 11.6 Å². The molecule has 2 rings (SSSR count). The Kier molecular flexibility index (Phi) is 4.55. The molecule has 18 heavy (non-hydrogen) atoms. The fourth-order valence-corrected chi connectivity index (χ4v) is 3.09. The number of rotatable bonds is 4. The number of carbonyl (C=O) groups is 1. The van der Waals surface area contributed by atoms with Crippen LogP contribution in [0.4, 0.5) is 0 Å². The van der Waals surface area contributed by atoms with Crippen LogP contribution >= 0.6 is 27.3 Å². The number of hydrogen-bond donors (Lipinski definition) is 1. The lowest BCUT2D eigenvalue weighted by Gasteiger charge is -2.16. The first kappa shape index (κ1) is 13.3. The Bertz CT molecular complexity index is 524. The van der Waals surface area contributed by atoms with Crippen LogP contribution in [0.3, 0.4) is 0 Å². The van der Waals surface area contributed by atoms with Crippen LogP contribution in [-0.2, 0) is 0 Å². The van der Waals surface area contributed by atoms with Crippen molar-refractivity contribution in [3.63, 3.8) is 0 Å². The molecule has 2 nitrogen and oxygen atoms in total. The fraction of sp³-hybridized carbons (Fsp3) is 0.214. The van der Waals surface area contributed by atoms with Crippen LogP contribution < -0.4 is 5.32 Å². The summed E-state index contributed by atoms with van der Waals surface area (Å²) in [6.07, 6.45) is 0. The molecule has 0 saturated carbocycles. The molecule has 1 aromatic heterocycles. The van der Waals surface area contributed by atoms with Crippen molar-refractivity contribution in [3.05, 3.63) is 57.8 Å². The highest BCUT2D eigenvalue weighted by Gasteiger charge is 2.16. The molecule has 1 atom stereocenters. The molecule has 0 spiro atoms. The molecule has 0 bridgehead atoms. The van der Waals surface area contributed by atoms with Crippen molar-refractivity contribution in [2.45, 2.75) is 13.0 Å². The number of aryl methyl sites for hydroxylation is 1. The number of halogens is 1. The standard InChI is InChI=1S/C14H14BrNOS/c1-10-8-18-9-12(10)14(17)16-13(7-15)11-5-3-2-4-6-11/h2-6,8-9,13H,7H2,1H3,(H,16,17).